The van der Waals surface area contributed by atoms with Crippen LogP contribution in [0.5, 0.6) is 23.0 Å². The lowest BCUT2D eigenvalue weighted by Crippen LogP contribution is -2.18. The van der Waals surface area contributed by atoms with Crippen LogP contribution in [-0.4, -0.2) is 30.2 Å². The quantitative estimate of drug-likeness (QED) is 0.394. The first-order valence-corrected chi connectivity index (χ1v) is 9.85. The predicted octanol–water partition coefficient (Wildman–Crippen LogP) is 5.37. The van der Waals surface area contributed by atoms with Crippen LogP contribution < -0.4 is 25.3 Å². The molecule has 0 saturated heterocycles. The lowest BCUT2D eigenvalue weighted by Gasteiger charge is -2.17. The zero-order valence-corrected chi connectivity index (χ0v) is 18.6. The van der Waals surface area contributed by atoms with Crippen molar-refractivity contribution in [2.24, 2.45) is 5.73 Å². The molecule has 0 spiro atoms. The summed E-state index contributed by atoms with van der Waals surface area (Å²) in [6, 6.07) is 4.09. The fourth-order valence-electron chi connectivity index (χ4n) is 2.83. The summed E-state index contributed by atoms with van der Waals surface area (Å²) in [7, 11) is -3.38. The maximum absolute atomic E-state index is 15.0. The Kier molecular flexibility index (Phi) is 6.35. The molecule has 3 N–H and O–H groups in total. The van der Waals surface area contributed by atoms with Crippen molar-refractivity contribution in [3.8, 4) is 23.0 Å². The number of amides is 2. The number of primary amides is 1. The van der Waals surface area contributed by atoms with Gasteiger partial charge in [-0.05, 0) is 42.8 Å². The number of ether oxygens (including phenoxy) is 3. The molecule has 3 rings (SSSR count). The predicted molar refractivity (Wildman–Crippen MR) is 117 cm³/mol. The second kappa shape index (κ2) is 10.2. The van der Waals surface area contributed by atoms with Gasteiger partial charge in [-0.1, -0.05) is 11.6 Å². The highest BCUT2D eigenvalue weighted by Crippen LogP contribution is 2.41. The summed E-state index contributed by atoms with van der Waals surface area (Å²) in [4.78, 5) is 28.3. The van der Waals surface area contributed by atoms with Crippen molar-refractivity contribution in [2.75, 3.05) is 12.4 Å². The second-order valence-electron chi connectivity index (χ2n) is 6.89. The van der Waals surface area contributed by atoms with E-state index in [0.29, 0.717) is 17.7 Å². The van der Waals surface area contributed by atoms with E-state index in [1.165, 1.54) is 13.1 Å². The van der Waals surface area contributed by atoms with Crippen molar-refractivity contribution < 1.29 is 49.9 Å². The van der Waals surface area contributed by atoms with E-state index in [4.69, 9.17) is 26.2 Å². The van der Waals surface area contributed by atoms with E-state index in [1.54, 1.807) is 0 Å². The van der Waals surface area contributed by atoms with Crippen molar-refractivity contribution in [3.05, 3.63) is 70.0 Å². The molecular weight excluding hydrogens is 517 g/mol. The number of methoxy groups -OCH3 is 1. The highest BCUT2D eigenvalue weighted by Gasteiger charge is 2.34. The Morgan fingerprint density at radius 1 is 1.11 bits per heavy atom. The van der Waals surface area contributed by atoms with Crippen LogP contribution in [0.15, 0.2) is 36.5 Å². The number of rotatable bonds is 7. The number of aryl methyl sites for hydroxylation is 1. The summed E-state index contributed by atoms with van der Waals surface area (Å²) in [5.74, 6) is -9.70. The van der Waals surface area contributed by atoms with Crippen LogP contribution in [0.4, 0.5) is 27.6 Å². The number of alkyl halides is 3. The number of halogens is 6. The van der Waals surface area contributed by atoms with Gasteiger partial charge >= 0.3 is 6.36 Å². The fraction of sp³-hybridized carbons (Fsp3) is 0.136. The molecule has 0 saturated carbocycles. The molecule has 2 amide bonds. The summed E-state index contributed by atoms with van der Waals surface area (Å²) in [6.07, 6.45) is -4.14. The van der Waals surface area contributed by atoms with E-state index in [0.717, 1.165) is 18.2 Å². The van der Waals surface area contributed by atoms with Crippen molar-refractivity contribution in [1.82, 2.24) is 4.98 Å². The topological polar surface area (TPSA) is 113 Å². The third-order valence-corrected chi connectivity index (χ3v) is 4.75. The van der Waals surface area contributed by atoms with Crippen LogP contribution in [-0.2, 0) is 0 Å². The number of carbonyl (C=O) groups is 2. The van der Waals surface area contributed by atoms with E-state index in [1.807, 2.05) is 0 Å². The first-order chi connectivity index (χ1) is 18.0. The summed E-state index contributed by atoms with van der Waals surface area (Å²) in [6.45, 7) is 1.49. The zero-order chi connectivity index (χ0) is 29.3. The van der Waals surface area contributed by atoms with Gasteiger partial charge in [0.2, 0.25) is 11.6 Å². The number of pyridine rings is 1. The van der Waals surface area contributed by atoms with E-state index in [-0.39, 0.29) is 11.4 Å². The summed E-state index contributed by atoms with van der Waals surface area (Å²) < 4.78 is 103. The van der Waals surface area contributed by atoms with E-state index < -0.39 is 70.4 Å². The largest absolute Gasteiger partial charge is 0.573 e. The van der Waals surface area contributed by atoms with Crippen LogP contribution in [0.3, 0.4) is 0 Å². The van der Waals surface area contributed by atoms with Crippen LogP contribution >= 0.6 is 11.6 Å². The van der Waals surface area contributed by atoms with Crippen LogP contribution in [0.25, 0.3) is 0 Å². The van der Waals surface area contributed by atoms with Crippen LogP contribution in [0, 0.1) is 18.6 Å². The first-order valence-electron chi connectivity index (χ1n) is 11.0. The number of hydrogen-bond donors (Lipinski definition) is 2. The van der Waals surface area contributed by atoms with Gasteiger partial charge in [0.05, 0.1) is 16.2 Å². The van der Waals surface area contributed by atoms with Crippen LogP contribution in [0.1, 0.15) is 30.5 Å². The summed E-state index contributed by atoms with van der Waals surface area (Å²) in [5.41, 5.74) is 4.38. The normalized spacial score (nSPS) is 12.7. The lowest BCUT2D eigenvalue weighted by molar-refractivity contribution is -0.275. The first kappa shape index (κ1) is 22.3. The van der Waals surface area contributed by atoms with Gasteiger partial charge in [0.1, 0.15) is 17.0 Å². The Hall–Kier alpha value is -4.13. The monoisotopic (exact) mass is 534 g/mol. The minimum atomic E-state index is -5.34. The minimum absolute atomic E-state index is 0.0137. The van der Waals surface area contributed by atoms with E-state index in [9.17, 15) is 27.2 Å². The Balaban J connectivity index is 2.09. The Labute approximate surface area is 208 Å². The van der Waals surface area contributed by atoms with Crippen molar-refractivity contribution in [1.29, 1.82) is 0 Å². The number of anilines is 1. The van der Waals surface area contributed by atoms with Gasteiger partial charge in [-0.25, -0.2) is 4.39 Å². The molecule has 0 aliphatic heterocycles. The van der Waals surface area contributed by atoms with Gasteiger partial charge in [-0.15, -0.1) is 13.2 Å². The minimum Gasteiger partial charge on any atom is -0.490 e. The average Bonchev–Trinajstić information content (AvgIpc) is 2.80. The molecule has 0 bridgehead atoms. The average molecular weight is 535 g/mol. The molecule has 0 radical (unpaired) electrons. The van der Waals surface area contributed by atoms with Crippen LogP contribution in [0.2, 0.25) is 5.02 Å². The van der Waals surface area contributed by atoms with Gasteiger partial charge in [-0.3, -0.25) is 14.6 Å². The molecule has 8 nitrogen and oxygen atoms in total. The Morgan fingerprint density at radius 2 is 1.78 bits per heavy atom. The second-order valence-corrected chi connectivity index (χ2v) is 7.30. The van der Waals surface area contributed by atoms with Crippen molar-refractivity contribution in [3.63, 3.8) is 0 Å². The molecule has 0 aliphatic rings. The number of benzene rings is 2. The number of nitrogens with one attached hydrogen (secondary N) is 1. The number of nitrogens with zero attached hydrogens (tertiary/aromatic N) is 1. The molecule has 0 unspecified atom stereocenters. The third-order valence-electron chi connectivity index (χ3n) is 4.46. The van der Waals surface area contributed by atoms with E-state index in [2.05, 4.69) is 19.8 Å². The molecule has 0 aliphatic carbocycles. The van der Waals surface area contributed by atoms with Crippen molar-refractivity contribution >= 4 is 29.1 Å². The SMILES string of the molecule is [2H]C([2H])([2H])Oc1c(Oc2ccc(Cl)c(F)c2C(=O)Nc2cc(C(N)=O)ncc2C)ccc(OC(F)(F)F)c1F. The maximum Gasteiger partial charge on any atom is 0.573 e. The standard InChI is InChI=1S/C22H15ClF5N3O5/c1-9-8-30-12(20(29)32)7-11(9)31-21(33)16-13(4-3-10(23)17(16)24)35-15-6-5-14(36-22(26,27)28)18(25)19(15)34-2/h3-8H,1-2H3,(H2,29,32)(H,30,31,33)/i2D3. The zero-order valence-electron chi connectivity index (χ0n) is 20.8. The molecule has 3 aromatic rings. The van der Waals surface area contributed by atoms with Gasteiger partial charge in [0, 0.05) is 11.9 Å². The molecular formula is C22H15ClF5N3O5. The molecule has 190 valence electrons. The Bertz CT molecular complexity index is 1450. The smallest absolute Gasteiger partial charge is 0.490 e. The molecule has 2 aromatic carbocycles. The van der Waals surface area contributed by atoms with Gasteiger partial charge in [0.25, 0.3) is 11.8 Å². The fourth-order valence-corrected chi connectivity index (χ4v) is 2.98. The number of aromatic nitrogens is 1. The molecule has 0 atom stereocenters. The molecule has 1 aromatic heterocycles. The summed E-state index contributed by atoms with van der Waals surface area (Å²) in [5, 5.41) is 1.75. The number of hydrogen-bond acceptors (Lipinski definition) is 6. The highest BCUT2D eigenvalue weighted by molar-refractivity contribution is 6.31. The van der Waals surface area contributed by atoms with Gasteiger partial charge < -0.3 is 25.3 Å². The van der Waals surface area contributed by atoms with Crippen molar-refractivity contribution in [2.45, 2.75) is 13.3 Å². The third kappa shape index (κ3) is 5.74. The van der Waals surface area contributed by atoms with Gasteiger partial charge in [0.15, 0.2) is 17.3 Å². The summed E-state index contributed by atoms with van der Waals surface area (Å²) >= 11 is 5.80. The molecule has 1 heterocycles. The highest BCUT2D eigenvalue weighted by atomic mass is 35.5. The van der Waals surface area contributed by atoms with Gasteiger partial charge in [-0.2, -0.15) is 4.39 Å². The molecule has 0 fully saturated rings. The number of nitrogens with two attached hydrogens (primary N) is 1. The van der Waals surface area contributed by atoms with E-state index >= 15 is 4.39 Å². The lowest BCUT2D eigenvalue weighted by atomic mass is 10.1. The maximum atomic E-state index is 15.0. The molecule has 36 heavy (non-hydrogen) atoms. The molecule has 14 heteroatoms. The Morgan fingerprint density at radius 3 is 2.42 bits per heavy atom. The number of carbonyl (C=O) groups excluding carboxylic acids is 2.